The lowest BCUT2D eigenvalue weighted by Crippen LogP contribution is -2.42. The summed E-state index contributed by atoms with van der Waals surface area (Å²) in [5.41, 5.74) is -0.528. The van der Waals surface area contributed by atoms with E-state index in [2.05, 4.69) is 0 Å². The lowest BCUT2D eigenvalue weighted by atomic mass is 9.92. The summed E-state index contributed by atoms with van der Waals surface area (Å²) in [7, 11) is 4.93. The maximum absolute atomic E-state index is 6.04. The van der Waals surface area contributed by atoms with Gasteiger partial charge in [0.05, 0.1) is 190 Å². The summed E-state index contributed by atoms with van der Waals surface area (Å²) in [4.78, 5) is 0. The molecule has 0 unspecified atom stereocenters. The van der Waals surface area contributed by atoms with E-state index in [4.69, 9.17) is 75.8 Å². The molecule has 50 heavy (non-hydrogen) atoms. The summed E-state index contributed by atoms with van der Waals surface area (Å²) < 4.78 is 88.4. The van der Waals surface area contributed by atoms with E-state index in [1.807, 2.05) is 6.92 Å². The van der Waals surface area contributed by atoms with Crippen LogP contribution in [0.1, 0.15) is 6.92 Å². The molecule has 0 saturated heterocycles. The summed E-state index contributed by atoms with van der Waals surface area (Å²) in [5, 5.41) is 0. The van der Waals surface area contributed by atoms with Crippen molar-refractivity contribution in [2.24, 2.45) is 5.41 Å². The molecule has 0 bridgehead atoms. The summed E-state index contributed by atoms with van der Waals surface area (Å²) in [5.74, 6) is 0. The Bertz CT molecular complexity index is 548. The molecule has 0 aliphatic rings. The molecule has 0 rings (SSSR count). The molecule has 302 valence electrons. The number of rotatable bonds is 45. The van der Waals surface area contributed by atoms with Gasteiger partial charge in [-0.15, -0.1) is 0 Å². The third kappa shape index (κ3) is 37.1. The first-order valence-corrected chi connectivity index (χ1v) is 17.7. The van der Waals surface area contributed by atoms with Crippen LogP contribution in [0.5, 0.6) is 0 Å². The van der Waals surface area contributed by atoms with Gasteiger partial charge in [-0.05, 0) is 6.92 Å². The highest BCUT2D eigenvalue weighted by Gasteiger charge is 2.32. The lowest BCUT2D eigenvalue weighted by molar-refractivity contribution is -0.118. The predicted molar refractivity (Wildman–Crippen MR) is 184 cm³/mol. The smallest absolute Gasteiger partial charge is 0.0701 e. The number of ether oxygens (including phenoxy) is 16. The van der Waals surface area contributed by atoms with E-state index in [1.165, 1.54) is 0 Å². The van der Waals surface area contributed by atoms with Gasteiger partial charge in [0, 0.05) is 27.9 Å². The first kappa shape index (κ1) is 49.4. The molecule has 0 amide bonds. The Morgan fingerprint density at radius 3 is 0.620 bits per heavy atom. The molecule has 0 aromatic carbocycles. The zero-order valence-corrected chi connectivity index (χ0v) is 31.5. The van der Waals surface area contributed by atoms with Crippen LogP contribution in [0.25, 0.3) is 0 Å². The standard InChI is InChI=1S/C34H70O16/c1-5-38-30-34(31-48-27-24-45-21-18-42-15-12-39-9-6-35-2,32-49-28-25-46-22-19-43-16-13-40-10-7-36-3)33-50-29-26-47-23-20-44-17-14-41-11-8-37-4/h5-33H2,1-4H3. The molecule has 16 nitrogen and oxygen atoms in total. The Hall–Kier alpha value is -0.640. The van der Waals surface area contributed by atoms with Gasteiger partial charge in [-0.25, -0.2) is 0 Å². The van der Waals surface area contributed by atoms with Crippen molar-refractivity contribution in [3.05, 3.63) is 0 Å². The quantitative estimate of drug-likeness (QED) is 0.0824. The largest absolute Gasteiger partial charge is 0.382 e. The summed E-state index contributed by atoms with van der Waals surface area (Å²) in [6, 6.07) is 0. The zero-order chi connectivity index (χ0) is 36.3. The number of hydrogen-bond acceptors (Lipinski definition) is 16. The Morgan fingerprint density at radius 2 is 0.420 bits per heavy atom. The van der Waals surface area contributed by atoms with Crippen LogP contribution in [0.15, 0.2) is 0 Å². The highest BCUT2D eigenvalue weighted by molar-refractivity contribution is 4.79. The van der Waals surface area contributed by atoms with Crippen molar-refractivity contribution in [2.75, 3.05) is 213 Å². The second-order valence-corrected chi connectivity index (χ2v) is 10.8. The van der Waals surface area contributed by atoms with Crippen LogP contribution < -0.4 is 0 Å². The van der Waals surface area contributed by atoms with Crippen molar-refractivity contribution >= 4 is 0 Å². The van der Waals surface area contributed by atoms with E-state index < -0.39 is 5.41 Å². The van der Waals surface area contributed by atoms with Crippen LogP contribution in [0.2, 0.25) is 0 Å². The van der Waals surface area contributed by atoms with E-state index in [-0.39, 0.29) is 0 Å². The molecular weight excluding hydrogens is 664 g/mol. The fourth-order valence-corrected chi connectivity index (χ4v) is 3.84. The van der Waals surface area contributed by atoms with Crippen molar-refractivity contribution < 1.29 is 75.8 Å². The predicted octanol–water partition coefficient (Wildman–Crippen LogP) is 1.15. The molecule has 0 heterocycles. The highest BCUT2D eigenvalue weighted by atomic mass is 16.6. The van der Waals surface area contributed by atoms with E-state index in [1.54, 1.807) is 21.3 Å². The molecule has 0 spiro atoms. The second kappa shape index (κ2) is 42.8. The maximum Gasteiger partial charge on any atom is 0.0701 e. The summed E-state index contributed by atoms with van der Waals surface area (Å²) >= 11 is 0. The normalized spacial score (nSPS) is 12.0. The Labute approximate surface area is 301 Å². The Kier molecular flexibility index (Phi) is 42.2. The van der Waals surface area contributed by atoms with Crippen LogP contribution in [-0.4, -0.2) is 213 Å². The molecule has 0 N–H and O–H groups in total. The third-order valence-electron chi connectivity index (χ3n) is 6.48. The summed E-state index contributed by atoms with van der Waals surface area (Å²) in [6.45, 7) is 15.9. The second-order valence-electron chi connectivity index (χ2n) is 10.8. The van der Waals surface area contributed by atoms with Crippen LogP contribution in [0.4, 0.5) is 0 Å². The molecule has 0 aliphatic carbocycles. The lowest BCUT2D eigenvalue weighted by Gasteiger charge is -2.33. The van der Waals surface area contributed by atoms with Crippen molar-refractivity contribution in [1.29, 1.82) is 0 Å². The van der Waals surface area contributed by atoms with Crippen molar-refractivity contribution in [3.8, 4) is 0 Å². The van der Waals surface area contributed by atoms with Crippen molar-refractivity contribution in [3.63, 3.8) is 0 Å². The van der Waals surface area contributed by atoms with Gasteiger partial charge in [0.25, 0.3) is 0 Å². The van der Waals surface area contributed by atoms with Gasteiger partial charge < -0.3 is 75.8 Å². The first-order valence-electron chi connectivity index (χ1n) is 17.7. The van der Waals surface area contributed by atoms with Crippen LogP contribution in [0, 0.1) is 5.41 Å². The molecule has 0 radical (unpaired) electrons. The minimum atomic E-state index is -0.528. The SMILES string of the molecule is CCOCC(COCCOCCOCCOCCOC)(COCCOCCOCCOCCOC)COCCOCCOCCOCCOC. The van der Waals surface area contributed by atoms with Crippen LogP contribution in [-0.2, 0) is 75.8 Å². The Morgan fingerprint density at radius 1 is 0.240 bits per heavy atom. The van der Waals surface area contributed by atoms with E-state index in [0.29, 0.717) is 192 Å². The van der Waals surface area contributed by atoms with Crippen molar-refractivity contribution in [2.45, 2.75) is 6.92 Å². The van der Waals surface area contributed by atoms with Gasteiger partial charge >= 0.3 is 0 Å². The first-order chi connectivity index (χ1) is 24.7. The molecule has 0 aliphatic heterocycles. The molecule has 0 aromatic rings. The van der Waals surface area contributed by atoms with E-state index >= 15 is 0 Å². The van der Waals surface area contributed by atoms with Crippen LogP contribution in [0.3, 0.4) is 0 Å². The minimum absolute atomic E-state index is 0.369. The van der Waals surface area contributed by atoms with Crippen molar-refractivity contribution in [1.82, 2.24) is 0 Å². The molecular formula is C34H70O16. The van der Waals surface area contributed by atoms with E-state index in [0.717, 1.165) is 0 Å². The summed E-state index contributed by atoms with van der Waals surface area (Å²) in [6.07, 6.45) is 0. The molecule has 0 fully saturated rings. The highest BCUT2D eigenvalue weighted by Crippen LogP contribution is 2.21. The third-order valence-corrected chi connectivity index (χ3v) is 6.48. The average molecular weight is 735 g/mol. The van der Waals surface area contributed by atoms with E-state index in [9.17, 15) is 0 Å². The van der Waals surface area contributed by atoms with Gasteiger partial charge in [-0.1, -0.05) is 0 Å². The molecule has 0 saturated carbocycles. The zero-order valence-electron chi connectivity index (χ0n) is 31.5. The molecule has 0 atom stereocenters. The monoisotopic (exact) mass is 734 g/mol. The van der Waals surface area contributed by atoms with Crippen LogP contribution >= 0.6 is 0 Å². The van der Waals surface area contributed by atoms with Gasteiger partial charge in [-0.2, -0.15) is 0 Å². The topological polar surface area (TPSA) is 148 Å². The maximum atomic E-state index is 6.04. The Balaban J connectivity index is 4.43. The minimum Gasteiger partial charge on any atom is -0.382 e. The number of methoxy groups -OCH3 is 3. The van der Waals surface area contributed by atoms with Gasteiger partial charge in [-0.3, -0.25) is 0 Å². The molecule has 16 heteroatoms. The molecule has 0 aromatic heterocycles. The fraction of sp³-hybridized carbons (Fsp3) is 1.00. The van der Waals surface area contributed by atoms with Gasteiger partial charge in [0.2, 0.25) is 0 Å². The fourth-order valence-electron chi connectivity index (χ4n) is 3.84. The number of hydrogen-bond donors (Lipinski definition) is 0. The average Bonchev–Trinajstić information content (AvgIpc) is 3.13. The van der Waals surface area contributed by atoms with Gasteiger partial charge in [0.15, 0.2) is 0 Å². The van der Waals surface area contributed by atoms with Gasteiger partial charge in [0.1, 0.15) is 0 Å².